The van der Waals surface area contributed by atoms with Gasteiger partial charge in [-0.05, 0) is 26.0 Å². The Balaban J connectivity index is 1.99. The van der Waals surface area contributed by atoms with Gasteiger partial charge in [-0.2, -0.15) is 4.99 Å². The zero-order chi connectivity index (χ0) is 17.1. The molecule has 0 atom stereocenters. The Morgan fingerprint density at radius 3 is 2.92 bits per heavy atom. The van der Waals surface area contributed by atoms with Gasteiger partial charge in [0.2, 0.25) is 0 Å². The second-order valence-corrected chi connectivity index (χ2v) is 7.28. The lowest BCUT2D eigenvalue weighted by molar-refractivity contribution is 0.0995. The van der Waals surface area contributed by atoms with E-state index in [1.807, 2.05) is 36.1 Å². The summed E-state index contributed by atoms with van der Waals surface area (Å²) in [6.07, 6.45) is 1.99. The van der Waals surface area contributed by atoms with Crippen LogP contribution in [0.1, 0.15) is 26.5 Å². The summed E-state index contributed by atoms with van der Waals surface area (Å²) < 4.78 is 7.24. The van der Waals surface area contributed by atoms with Gasteiger partial charge < -0.3 is 9.30 Å². The van der Waals surface area contributed by atoms with Gasteiger partial charge in [0.05, 0.1) is 30.4 Å². The fourth-order valence-corrected chi connectivity index (χ4v) is 3.71. The van der Waals surface area contributed by atoms with Gasteiger partial charge in [-0.3, -0.25) is 4.79 Å². The molecule has 0 bridgehead atoms. The van der Waals surface area contributed by atoms with Crippen LogP contribution in [-0.4, -0.2) is 22.6 Å². The van der Waals surface area contributed by atoms with Crippen molar-refractivity contribution < 1.29 is 9.53 Å². The standard InChI is InChI=1S/C17H17N3O2S2/c1-11-4-5-15(22-3)14(6-11)16(21)19-17-20(7-12(2)24-17)8-13-9-23-10-18-13/h4-7,9-10H,8H2,1-3H3/b19-17-. The molecule has 0 unspecified atom stereocenters. The van der Waals surface area contributed by atoms with E-state index >= 15 is 0 Å². The first-order valence-corrected chi connectivity index (χ1v) is 9.10. The lowest BCUT2D eigenvalue weighted by atomic mass is 10.1. The van der Waals surface area contributed by atoms with E-state index in [1.165, 1.54) is 11.3 Å². The largest absolute Gasteiger partial charge is 0.496 e. The average Bonchev–Trinajstić information content (AvgIpc) is 3.18. The topological polar surface area (TPSA) is 56.5 Å². The molecule has 5 nitrogen and oxygen atoms in total. The van der Waals surface area contributed by atoms with Gasteiger partial charge in [0.1, 0.15) is 5.75 Å². The molecular weight excluding hydrogens is 342 g/mol. The summed E-state index contributed by atoms with van der Waals surface area (Å²) in [5.41, 5.74) is 4.23. The van der Waals surface area contributed by atoms with Crippen molar-refractivity contribution >= 4 is 28.6 Å². The fraction of sp³-hybridized carbons (Fsp3) is 0.235. The monoisotopic (exact) mass is 359 g/mol. The van der Waals surface area contributed by atoms with Gasteiger partial charge in [0.25, 0.3) is 5.91 Å². The van der Waals surface area contributed by atoms with Crippen molar-refractivity contribution in [3.05, 3.63) is 61.8 Å². The fourth-order valence-electron chi connectivity index (χ4n) is 2.33. The van der Waals surface area contributed by atoms with E-state index in [0.717, 1.165) is 16.1 Å². The Bertz CT molecular complexity index is 924. The minimum Gasteiger partial charge on any atom is -0.496 e. The van der Waals surface area contributed by atoms with Gasteiger partial charge in [-0.15, -0.1) is 22.7 Å². The zero-order valence-corrected chi connectivity index (χ0v) is 15.3. The van der Waals surface area contributed by atoms with E-state index in [4.69, 9.17) is 4.74 Å². The van der Waals surface area contributed by atoms with Crippen molar-refractivity contribution in [2.45, 2.75) is 20.4 Å². The third-order valence-electron chi connectivity index (χ3n) is 3.43. The first kappa shape index (κ1) is 16.6. The maximum atomic E-state index is 12.6. The summed E-state index contributed by atoms with van der Waals surface area (Å²) in [5.74, 6) is 0.234. The molecule has 1 amide bonds. The quantitative estimate of drug-likeness (QED) is 0.717. The first-order chi connectivity index (χ1) is 11.6. The van der Waals surface area contributed by atoms with Crippen LogP contribution < -0.4 is 9.54 Å². The van der Waals surface area contributed by atoms with E-state index in [1.54, 1.807) is 36.1 Å². The van der Waals surface area contributed by atoms with Crippen LogP contribution in [-0.2, 0) is 6.54 Å². The molecule has 0 saturated carbocycles. The molecule has 3 rings (SSSR count). The molecule has 0 saturated heterocycles. The van der Waals surface area contributed by atoms with Crippen LogP contribution >= 0.6 is 22.7 Å². The van der Waals surface area contributed by atoms with Crippen LogP contribution in [0.3, 0.4) is 0 Å². The molecule has 0 aliphatic carbocycles. The molecule has 0 radical (unpaired) electrons. The minimum atomic E-state index is -0.301. The summed E-state index contributed by atoms with van der Waals surface area (Å²) in [6.45, 7) is 4.54. The van der Waals surface area contributed by atoms with Crippen molar-refractivity contribution in [2.75, 3.05) is 7.11 Å². The highest BCUT2D eigenvalue weighted by atomic mass is 32.1. The number of methoxy groups -OCH3 is 1. The molecule has 124 valence electrons. The van der Waals surface area contributed by atoms with Crippen molar-refractivity contribution in [3.8, 4) is 5.75 Å². The number of thiazole rings is 2. The third kappa shape index (κ3) is 3.63. The summed E-state index contributed by atoms with van der Waals surface area (Å²) in [7, 11) is 1.55. The average molecular weight is 359 g/mol. The summed E-state index contributed by atoms with van der Waals surface area (Å²) in [4.78, 5) is 23.0. The SMILES string of the molecule is COc1ccc(C)cc1C(=O)/N=c1\sc(C)cn1Cc1cscn1. The number of hydrogen-bond acceptors (Lipinski definition) is 5. The van der Waals surface area contributed by atoms with Crippen LogP contribution in [0, 0.1) is 13.8 Å². The van der Waals surface area contributed by atoms with Crippen molar-refractivity contribution in [3.63, 3.8) is 0 Å². The summed E-state index contributed by atoms with van der Waals surface area (Å²) in [6, 6.07) is 5.50. The first-order valence-electron chi connectivity index (χ1n) is 7.34. The molecule has 24 heavy (non-hydrogen) atoms. The molecule has 0 spiro atoms. The Morgan fingerprint density at radius 2 is 2.21 bits per heavy atom. The van der Waals surface area contributed by atoms with Crippen molar-refractivity contribution in [1.29, 1.82) is 0 Å². The van der Waals surface area contributed by atoms with Gasteiger partial charge in [0, 0.05) is 16.5 Å². The molecular formula is C17H17N3O2S2. The van der Waals surface area contributed by atoms with Gasteiger partial charge >= 0.3 is 0 Å². The van der Waals surface area contributed by atoms with Gasteiger partial charge in [-0.1, -0.05) is 11.6 Å². The van der Waals surface area contributed by atoms with Gasteiger partial charge in [-0.25, -0.2) is 4.98 Å². The molecule has 0 aliphatic heterocycles. The van der Waals surface area contributed by atoms with Crippen LogP contribution in [0.4, 0.5) is 0 Å². The van der Waals surface area contributed by atoms with Gasteiger partial charge in [0.15, 0.2) is 4.80 Å². The Morgan fingerprint density at radius 1 is 1.38 bits per heavy atom. The van der Waals surface area contributed by atoms with E-state index in [-0.39, 0.29) is 5.91 Å². The number of nitrogens with zero attached hydrogens (tertiary/aromatic N) is 3. The summed E-state index contributed by atoms with van der Waals surface area (Å²) in [5, 5.41) is 2.00. The molecule has 0 aliphatic rings. The van der Waals surface area contributed by atoms with Crippen LogP contribution in [0.2, 0.25) is 0 Å². The lowest BCUT2D eigenvalue weighted by Gasteiger charge is -2.06. The Kier molecular flexibility index (Phi) is 4.92. The molecule has 2 heterocycles. The van der Waals surface area contributed by atoms with E-state index < -0.39 is 0 Å². The number of ether oxygens (including phenoxy) is 1. The van der Waals surface area contributed by atoms with Crippen molar-refractivity contribution in [1.82, 2.24) is 9.55 Å². The number of rotatable bonds is 4. The maximum Gasteiger partial charge on any atom is 0.283 e. The van der Waals surface area contributed by atoms with Crippen LogP contribution in [0.5, 0.6) is 5.75 Å². The van der Waals surface area contributed by atoms with Crippen LogP contribution in [0.15, 0.2) is 40.3 Å². The van der Waals surface area contributed by atoms with Crippen LogP contribution in [0.25, 0.3) is 0 Å². The molecule has 3 aromatic rings. The highest BCUT2D eigenvalue weighted by Gasteiger charge is 2.13. The third-order valence-corrected chi connectivity index (χ3v) is 5.01. The number of hydrogen-bond donors (Lipinski definition) is 0. The normalized spacial score (nSPS) is 11.7. The highest BCUT2D eigenvalue weighted by Crippen LogP contribution is 2.20. The number of amides is 1. The number of benzene rings is 1. The lowest BCUT2D eigenvalue weighted by Crippen LogP contribution is -2.17. The molecule has 1 aromatic carbocycles. The second kappa shape index (κ2) is 7.11. The molecule has 0 fully saturated rings. The Labute approximate surface area is 147 Å². The predicted molar refractivity (Wildman–Crippen MR) is 95.9 cm³/mol. The number of carbonyl (C=O) groups is 1. The minimum absolute atomic E-state index is 0.301. The summed E-state index contributed by atoms with van der Waals surface area (Å²) >= 11 is 3.04. The van der Waals surface area contributed by atoms with E-state index in [9.17, 15) is 4.79 Å². The maximum absolute atomic E-state index is 12.6. The van der Waals surface area contributed by atoms with E-state index in [0.29, 0.717) is 22.7 Å². The van der Waals surface area contributed by atoms with Crippen molar-refractivity contribution in [2.24, 2.45) is 4.99 Å². The molecule has 0 N–H and O–H groups in total. The Hall–Kier alpha value is -2.25. The molecule has 7 heteroatoms. The number of aromatic nitrogens is 2. The van der Waals surface area contributed by atoms with E-state index in [2.05, 4.69) is 9.98 Å². The second-order valence-electron chi connectivity index (χ2n) is 5.35. The predicted octanol–water partition coefficient (Wildman–Crippen LogP) is 3.42. The highest BCUT2D eigenvalue weighted by molar-refractivity contribution is 7.09. The molecule has 2 aromatic heterocycles. The zero-order valence-electron chi connectivity index (χ0n) is 13.6. The number of aryl methyl sites for hydroxylation is 2. The smallest absolute Gasteiger partial charge is 0.283 e. The number of carbonyl (C=O) groups excluding carboxylic acids is 1.